The SMILES string of the molecule is Br.COC(c1ccc(Cl)cc1Cl)C(C)NC(=O)c1ccccc1I. The van der Waals surface area contributed by atoms with E-state index in [4.69, 9.17) is 27.9 Å². The minimum atomic E-state index is -0.370. The van der Waals surface area contributed by atoms with Gasteiger partial charge in [-0.05, 0) is 53.8 Å². The quantitative estimate of drug-likeness (QED) is 0.492. The molecule has 0 saturated heterocycles. The number of methoxy groups -OCH3 is 1. The van der Waals surface area contributed by atoms with Crippen LogP contribution in [0.3, 0.4) is 0 Å². The van der Waals surface area contributed by atoms with Gasteiger partial charge in [-0.25, -0.2) is 0 Å². The van der Waals surface area contributed by atoms with Crippen LogP contribution < -0.4 is 5.32 Å². The van der Waals surface area contributed by atoms with Crippen molar-refractivity contribution >= 4 is 68.7 Å². The van der Waals surface area contributed by atoms with Gasteiger partial charge in [0.25, 0.3) is 5.91 Å². The monoisotopic (exact) mass is 543 g/mol. The Balaban J connectivity index is 0.00000288. The second-order valence-electron chi connectivity index (χ2n) is 5.06. The van der Waals surface area contributed by atoms with E-state index in [1.807, 2.05) is 31.2 Å². The zero-order valence-electron chi connectivity index (χ0n) is 13.1. The van der Waals surface area contributed by atoms with Crippen molar-refractivity contribution in [3.8, 4) is 0 Å². The van der Waals surface area contributed by atoms with Gasteiger partial charge in [0.15, 0.2) is 0 Å². The minimum absolute atomic E-state index is 0. The van der Waals surface area contributed by atoms with Gasteiger partial charge in [0, 0.05) is 26.3 Å². The molecule has 1 amide bonds. The first kappa shape index (κ1) is 21.7. The van der Waals surface area contributed by atoms with Crippen LogP contribution >= 0.6 is 62.8 Å². The fourth-order valence-electron chi connectivity index (χ4n) is 2.34. The Hall–Kier alpha value is -0.340. The predicted molar refractivity (Wildman–Crippen MR) is 113 cm³/mol. The molecule has 0 aliphatic heterocycles. The maximum absolute atomic E-state index is 12.4. The molecule has 0 bridgehead atoms. The fourth-order valence-corrected chi connectivity index (χ4v) is 3.49. The molecule has 0 saturated carbocycles. The molecule has 24 heavy (non-hydrogen) atoms. The van der Waals surface area contributed by atoms with Crippen molar-refractivity contribution in [1.29, 1.82) is 0 Å². The number of hydrogen-bond donors (Lipinski definition) is 1. The number of amides is 1. The number of rotatable bonds is 5. The molecule has 0 spiro atoms. The van der Waals surface area contributed by atoms with E-state index in [0.29, 0.717) is 15.6 Å². The van der Waals surface area contributed by atoms with Crippen molar-refractivity contribution in [3.05, 3.63) is 67.2 Å². The van der Waals surface area contributed by atoms with Crippen LogP contribution in [0.25, 0.3) is 0 Å². The summed E-state index contributed by atoms with van der Waals surface area (Å²) in [6.45, 7) is 1.88. The highest BCUT2D eigenvalue weighted by atomic mass is 127. The van der Waals surface area contributed by atoms with Crippen LogP contribution in [0.15, 0.2) is 42.5 Å². The topological polar surface area (TPSA) is 38.3 Å². The highest BCUT2D eigenvalue weighted by Gasteiger charge is 2.24. The van der Waals surface area contributed by atoms with Crippen molar-refractivity contribution in [1.82, 2.24) is 5.32 Å². The Morgan fingerprint density at radius 2 is 1.88 bits per heavy atom. The summed E-state index contributed by atoms with van der Waals surface area (Å²) in [5, 5.41) is 4.04. The Kier molecular flexibility index (Phi) is 9.01. The Morgan fingerprint density at radius 1 is 1.21 bits per heavy atom. The Bertz CT molecular complexity index is 715. The lowest BCUT2D eigenvalue weighted by Gasteiger charge is -2.25. The molecule has 2 atom stereocenters. The number of hydrogen-bond acceptors (Lipinski definition) is 2. The maximum atomic E-state index is 12.4. The Morgan fingerprint density at radius 3 is 2.46 bits per heavy atom. The summed E-state index contributed by atoms with van der Waals surface area (Å²) in [5.41, 5.74) is 1.42. The number of halogens is 4. The summed E-state index contributed by atoms with van der Waals surface area (Å²) in [4.78, 5) is 12.4. The van der Waals surface area contributed by atoms with Crippen LogP contribution in [0.4, 0.5) is 0 Å². The average molecular weight is 545 g/mol. The van der Waals surface area contributed by atoms with Crippen LogP contribution in [0, 0.1) is 3.57 Å². The molecule has 0 aliphatic carbocycles. The largest absolute Gasteiger partial charge is 0.375 e. The lowest BCUT2D eigenvalue weighted by Crippen LogP contribution is -2.38. The van der Waals surface area contributed by atoms with Gasteiger partial charge >= 0.3 is 0 Å². The summed E-state index contributed by atoms with van der Waals surface area (Å²) in [7, 11) is 1.59. The molecular formula is C17H17BrCl2INO2. The second kappa shape index (κ2) is 9.97. The van der Waals surface area contributed by atoms with Gasteiger partial charge in [-0.15, -0.1) is 17.0 Å². The van der Waals surface area contributed by atoms with Gasteiger partial charge in [0.1, 0.15) is 6.10 Å². The van der Waals surface area contributed by atoms with Crippen molar-refractivity contribution in [2.24, 2.45) is 0 Å². The summed E-state index contributed by atoms with van der Waals surface area (Å²) >= 11 is 14.3. The smallest absolute Gasteiger partial charge is 0.252 e. The molecule has 3 nitrogen and oxygen atoms in total. The van der Waals surface area contributed by atoms with E-state index in [9.17, 15) is 4.79 Å². The molecule has 0 heterocycles. The third kappa shape index (κ3) is 5.33. The highest BCUT2D eigenvalue weighted by molar-refractivity contribution is 14.1. The molecule has 1 N–H and O–H groups in total. The lowest BCUT2D eigenvalue weighted by molar-refractivity contribution is 0.0645. The zero-order valence-corrected chi connectivity index (χ0v) is 18.4. The molecule has 2 rings (SSSR count). The van der Waals surface area contributed by atoms with Gasteiger partial charge < -0.3 is 10.1 Å². The van der Waals surface area contributed by atoms with E-state index in [2.05, 4.69) is 27.9 Å². The van der Waals surface area contributed by atoms with Crippen molar-refractivity contribution in [3.63, 3.8) is 0 Å². The second-order valence-corrected chi connectivity index (χ2v) is 7.07. The van der Waals surface area contributed by atoms with Crippen molar-refractivity contribution in [2.45, 2.75) is 19.1 Å². The minimum Gasteiger partial charge on any atom is -0.375 e. The molecule has 0 fully saturated rings. The van der Waals surface area contributed by atoms with Crippen LogP contribution in [-0.4, -0.2) is 19.1 Å². The zero-order chi connectivity index (χ0) is 17.0. The van der Waals surface area contributed by atoms with Gasteiger partial charge in [0.2, 0.25) is 0 Å². The average Bonchev–Trinajstić information content (AvgIpc) is 2.50. The maximum Gasteiger partial charge on any atom is 0.252 e. The first-order valence-electron chi connectivity index (χ1n) is 6.97. The molecule has 130 valence electrons. The first-order chi connectivity index (χ1) is 10.9. The van der Waals surface area contributed by atoms with E-state index in [1.165, 1.54) is 0 Å². The van der Waals surface area contributed by atoms with Crippen molar-refractivity contribution < 1.29 is 9.53 Å². The van der Waals surface area contributed by atoms with E-state index in [1.54, 1.807) is 25.3 Å². The van der Waals surface area contributed by atoms with Gasteiger partial charge in [-0.3, -0.25) is 4.79 Å². The third-order valence-corrected chi connectivity index (χ3v) is 4.96. The molecule has 7 heteroatoms. The van der Waals surface area contributed by atoms with E-state index < -0.39 is 0 Å². The molecule has 0 aliphatic rings. The molecule has 0 radical (unpaired) electrons. The lowest BCUT2D eigenvalue weighted by atomic mass is 10.0. The number of ether oxygens (including phenoxy) is 1. The molecular weight excluding hydrogens is 528 g/mol. The molecule has 2 aromatic rings. The first-order valence-corrected chi connectivity index (χ1v) is 8.80. The standard InChI is InChI=1S/C17H16Cl2INO2.BrH/c1-10(21-17(22)13-5-3-4-6-15(13)20)16(23-2)12-8-7-11(18)9-14(12)19;/h3-10,16H,1-2H3,(H,21,22);1H. The predicted octanol–water partition coefficient (Wildman–Crippen LogP) is 5.68. The van der Waals surface area contributed by atoms with E-state index in [0.717, 1.165) is 9.13 Å². The summed E-state index contributed by atoms with van der Waals surface area (Å²) in [5.74, 6) is -0.144. The van der Waals surface area contributed by atoms with Gasteiger partial charge in [-0.2, -0.15) is 0 Å². The Labute approximate surface area is 176 Å². The highest BCUT2D eigenvalue weighted by Crippen LogP contribution is 2.30. The normalized spacial score (nSPS) is 12.9. The number of benzene rings is 2. The van der Waals surface area contributed by atoms with Crippen LogP contribution in [0.5, 0.6) is 0 Å². The van der Waals surface area contributed by atoms with Crippen LogP contribution in [0.1, 0.15) is 28.9 Å². The van der Waals surface area contributed by atoms with Crippen LogP contribution in [0.2, 0.25) is 10.0 Å². The van der Waals surface area contributed by atoms with Crippen molar-refractivity contribution in [2.75, 3.05) is 7.11 Å². The summed E-state index contributed by atoms with van der Waals surface area (Å²) in [6.07, 6.45) is -0.370. The van der Waals surface area contributed by atoms with Gasteiger partial charge in [0.05, 0.1) is 11.6 Å². The third-order valence-electron chi connectivity index (χ3n) is 3.45. The molecule has 2 aromatic carbocycles. The van der Waals surface area contributed by atoms with E-state index >= 15 is 0 Å². The molecule has 0 aromatic heterocycles. The summed E-state index contributed by atoms with van der Waals surface area (Å²) in [6, 6.07) is 12.4. The fraction of sp³-hybridized carbons (Fsp3) is 0.235. The summed E-state index contributed by atoms with van der Waals surface area (Å²) < 4.78 is 6.44. The number of carbonyl (C=O) groups excluding carboxylic acids is 1. The number of nitrogens with one attached hydrogen (secondary N) is 1. The number of carbonyl (C=O) groups is 1. The van der Waals surface area contributed by atoms with Gasteiger partial charge in [-0.1, -0.05) is 41.4 Å². The van der Waals surface area contributed by atoms with Crippen LogP contribution in [-0.2, 0) is 4.74 Å². The molecule has 2 unspecified atom stereocenters. The van der Waals surface area contributed by atoms with E-state index in [-0.39, 0.29) is 35.0 Å².